The predicted octanol–water partition coefficient (Wildman–Crippen LogP) is 14.9. The van der Waals surface area contributed by atoms with Gasteiger partial charge in [0, 0.05) is 35.5 Å². The van der Waals surface area contributed by atoms with Crippen molar-refractivity contribution in [3.8, 4) is 22.3 Å². The van der Waals surface area contributed by atoms with Crippen molar-refractivity contribution in [2.75, 3.05) is 27.7 Å². The molecule has 8 nitrogen and oxygen atoms in total. The van der Waals surface area contributed by atoms with Gasteiger partial charge < -0.3 is 9.80 Å². The molecule has 0 aliphatic heterocycles. The molecule has 0 spiro atoms. The highest BCUT2D eigenvalue weighted by molar-refractivity contribution is 6.51. The minimum atomic E-state index is 0.139. The summed E-state index contributed by atoms with van der Waals surface area (Å²) in [6.45, 7) is 0. The fourth-order valence-electron chi connectivity index (χ4n) is 8.62. The van der Waals surface area contributed by atoms with Crippen molar-refractivity contribution >= 4 is 68.2 Å². The number of aliphatic imine (C=N–C) groups is 1. The summed E-state index contributed by atoms with van der Waals surface area (Å²) in [5.74, 6) is 0. The number of para-hydroxylation sites is 2. The Morgan fingerprint density at radius 1 is 0.435 bits per heavy atom. The first-order valence-corrected chi connectivity index (χ1v) is 23.1. The highest BCUT2D eigenvalue weighted by Crippen LogP contribution is 2.38. The minimum absolute atomic E-state index is 0.139. The fourth-order valence-corrected chi connectivity index (χ4v) is 8.62. The predicted molar refractivity (Wildman–Crippen MR) is 292 cm³/mol. The molecule has 0 radical (unpaired) electrons. The van der Waals surface area contributed by atoms with Crippen LogP contribution >= 0.6 is 0 Å². The van der Waals surface area contributed by atoms with E-state index in [4.69, 9.17) is 5.41 Å². The zero-order valence-electron chi connectivity index (χ0n) is 38.2. The van der Waals surface area contributed by atoms with Crippen molar-refractivity contribution in [1.29, 1.82) is 5.41 Å². The maximum atomic E-state index is 8.06. The van der Waals surface area contributed by atoms with E-state index in [0.717, 1.165) is 79.9 Å². The molecule has 0 amide bonds. The summed E-state index contributed by atoms with van der Waals surface area (Å²) in [6, 6.07) is 64.3. The van der Waals surface area contributed by atoms with Gasteiger partial charge in [-0.2, -0.15) is 10.2 Å². The van der Waals surface area contributed by atoms with E-state index in [1.165, 1.54) is 11.1 Å². The Morgan fingerprint density at radius 3 is 1.36 bits per heavy atom. The number of rotatable bonds is 13. The molecule has 10 rings (SSSR count). The smallest absolute Gasteiger partial charge is 0.108 e. The minimum Gasteiger partial charge on any atom is -0.334 e. The summed E-state index contributed by atoms with van der Waals surface area (Å²) in [5, 5.41) is 17.0. The van der Waals surface area contributed by atoms with Crippen molar-refractivity contribution in [2.24, 2.45) is 15.2 Å². The zero-order chi connectivity index (χ0) is 46.8. The van der Waals surface area contributed by atoms with Gasteiger partial charge in [-0.1, -0.05) is 140 Å². The highest BCUT2D eigenvalue weighted by atomic mass is 15.3. The maximum Gasteiger partial charge on any atom is 0.108 e. The first-order valence-electron chi connectivity index (χ1n) is 23.1. The Morgan fingerprint density at radius 2 is 0.855 bits per heavy atom. The second-order valence-corrected chi connectivity index (χ2v) is 16.7. The SMILES string of the molecule is C/N=C1/C=CC=C/C1=N/Nc1ccc(-c2ccc(N(c3ccccc3)C3C=CC(c4ccc(N(c5ccccc5)c5ccc(-c6ccc(N/N=C7/C=CC=CC7=N)cc6)cc5)cc4)=CC3)cc2)cc1. The van der Waals surface area contributed by atoms with Crippen molar-refractivity contribution in [3.63, 3.8) is 0 Å². The number of hydrazone groups is 2. The number of allylic oxidation sites excluding steroid dienone is 10. The Hall–Kier alpha value is -9.14. The molecule has 334 valence electrons. The summed E-state index contributed by atoms with van der Waals surface area (Å²) >= 11 is 0. The summed E-state index contributed by atoms with van der Waals surface area (Å²) in [4.78, 5) is 9.04. The molecule has 3 aliphatic carbocycles. The van der Waals surface area contributed by atoms with E-state index in [9.17, 15) is 0 Å². The van der Waals surface area contributed by atoms with Gasteiger partial charge in [0.1, 0.15) is 11.4 Å². The summed E-state index contributed by atoms with van der Waals surface area (Å²) < 4.78 is 0. The van der Waals surface area contributed by atoms with Gasteiger partial charge in [-0.05, 0) is 149 Å². The number of anilines is 7. The number of hydrogen-bond donors (Lipinski definition) is 3. The second-order valence-electron chi connectivity index (χ2n) is 16.7. The molecular formula is C61H50N8. The van der Waals surface area contributed by atoms with E-state index < -0.39 is 0 Å². The molecule has 1 atom stereocenters. The monoisotopic (exact) mass is 894 g/mol. The van der Waals surface area contributed by atoms with E-state index in [1.54, 1.807) is 13.1 Å². The van der Waals surface area contributed by atoms with Crippen LogP contribution in [0.15, 0.2) is 264 Å². The van der Waals surface area contributed by atoms with Crippen molar-refractivity contribution < 1.29 is 0 Å². The fraction of sp³-hybridized carbons (Fsp3) is 0.0492. The largest absolute Gasteiger partial charge is 0.334 e. The lowest BCUT2D eigenvalue weighted by molar-refractivity contribution is 0.787. The third-order valence-electron chi connectivity index (χ3n) is 12.3. The molecule has 3 aliphatic rings. The van der Waals surface area contributed by atoms with Gasteiger partial charge in [-0.15, -0.1) is 0 Å². The first-order chi connectivity index (χ1) is 34.1. The van der Waals surface area contributed by atoms with Crippen LogP contribution in [-0.2, 0) is 0 Å². The standard InChI is InChI=1S/C61H50N8/c1-63-60-18-10-11-19-61(60)67-65-51-34-22-45(23-35-51)47-26-38-55(39-27-47)69(53-14-6-3-7-15-53)57-42-30-49(31-43-57)48-28-40-56(41-29-48)68(52-12-4-2-5-13-52)54-36-24-46(25-37-54)44-20-32-50(33-21-44)64-66-59-17-9-8-16-58(59)62/h2-42,57,62,64-65H,43H2,1H3/b62-58?,63-60-,66-59-,67-61-. The lowest BCUT2D eigenvalue weighted by Gasteiger charge is -2.33. The van der Waals surface area contributed by atoms with E-state index in [-0.39, 0.29) is 6.04 Å². The topological polar surface area (TPSA) is 91.5 Å². The van der Waals surface area contributed by atoms with Crippen LogP contribution in [0.3, 0.4) is 0 Å². The van der Waals surface area contributed by atoms with Crippen LogP contribution in [0.1, 0.15) is 12.0 Å². The van der Waals surface area contributed by atoms with Crippen LogP contribution in [0.2, 0.25) is 0 Å². The van der Waals surface area contributed by atoms with E-state index in [1.807, 2.05) is 54.7 Å². The zero-order valence-corrected chi connectivity index (χ0v) is 38.2. The highest BCUT2D eigenvalue weighted by Gasteiger charge is 2.21. The van der Waals surface area contributed by atoms with Gasteiger partial charge in [0.2, 0.25) is 0 Å². The van der Waals surface area contributed by atoms with Gasteiger partial charge in [0.25, 0.3) is 0 Å². The Labute approximate surface area is 403 Å². The molecule has 0 fully saturated rings. The molecule has 69 heavy (non-hydrogen) atoms. The molecule has 3 N–H and O–H groups in total. The number of hydrogen-bond acceptors (Lipinski definition) is 8. The molecule has 8 heteroatoms. The molecule has 0 saturated carbocycles. The summed E-state index contributed by atoms with van der Waals surface area (Å²) in [6.07, 6.45) is 22.9. The van der Waals surface area contributed by atoms with Gasteiger partial charge in [0.15, 0.2) is 0 Å². The normalized spacial score (nSPS) is 16.8. The van der Waals surface area contributed by atoms with Crippen LogP contribution < -0.4 is 20.7 Å². The molecule has 0 heterocycles. The van der Waals surface area contributed by atoms with Gasteiger partial charge in [-0.3, -0.25) is 21.3 Å². The van der Waals surface area contributed by atoms with Gasteiger partial charge >= 0.3 is 0 Å². The quantitative estimate of drug-likeness (QED) is 0.0794. The Bertz CT molecular complexity index is 3210. The molecule has 1 unspecified atom stereocenters. The third-order valence-corrected chi connectivity index (χ3v) is 12.3. The second kappa shape index (κ2) is 20.6. The van der Waals surface area contributed by atoms with E-state index in [0.29, 0.717) is 11.4 Å². The number of nitrogens with one attached hydrogen (secondary N) is 3. The Balaban J connectivity index is 0.822. The van der Waals surface area contributed by atoms with E-state index in [2.05, 4.69) is 224 Å². The van der Waals surface area contributed by atoms with Gasteiger partial charge in [-0.25, -0.2) is 0 Å². The lowest BCUT2D eigenvalue weighted by Crippen LogP contribution is -2.30. The lowest BCUT2D eigenvalue weighted by atomic mass is 9.95. The summed E-state index contributed by atoms with van der Waals surface area (Å²) in [7, 11) is 1.78. The molecular weight excluding hydrogens is 845 g/mol. The molecule has 7 aromatic rings. The van der Waals surface area contributed by atoms with Crippen molar-refractivity contribution in [1.82, 2.24) is 0 Å². The molecule has 0 saturated heterocycles. The summed E-state index contributed by atoms with van der Waals surface area (Å²) in [5.41, 5.74) is 23.1. The van der Waals surface area contributed by atoms with Crippen LogP contribution in [0.25, 0.3) is 27.8 Å². The van der Waals surface area contributed by atoms with Crippen LogP contribution in [0.4, 0.5) is 39.8 Å². The van der Waals surface area contributed by atoms with Crippen molar-refractivity contribution in [2.45, 2.75) is 12.5 Å². The van der Waals surface area contributed by atoms with Crippen molar-refractivity contribution in [3.05, 3.63) is 254 Å². The first kappa shape index (κ1) is 43.7. The molecule has 0 aromatic heterocycles. The van der Waals surface area contributed by atoms with Crippen LogP contribution in [-0.4, -0.2) is 35.9 Å². The Kier molecular flexibility index (Phi) is 13.0. The number of benzene rings is 7. The average Bonchev–Trinajstić information content (AvgIpc) is 3.42. The van der Waals surface area contributed by atoms with Crippen LogP contribution in [0, 0.1) is 5.41 Å². The third kappa shape index (κ3) is 10.2. The number of nitrogens with zero attached hydrogens (tertiary/aromatic N) is 5. The van der Waals surface area contributed by atoms with E-state index >= 15 is 0 Å². The average molecular weight is 895 g/mol. The molecule has 0 bridgehead atoms. The van der Waals surface area contributed by atoms with Gasteiger partial charge in [0.05, 0.1) is 28.8 Å². The van der Waals surface area contributed by atoms with Crippen LogP contribution in [0.5, 0.6) is 0 Å². The molecule has 7 aromatic carbocycles. The maximum absolute atomic E-state index is 8.06.